The van der Waals surface area contributed by atoms with Crippen LogP contribution in [-0.2, 0) is 22.6 Å². The molecule has 0 radical (unpaired) electrons. The molecule has 0 atom stereocenters. The number of nitrogens with one attached hydrogen (secondary N) is 1. The largest absolute Gasteiger partial charge is 0.444 e. The van der Waals surface area contributed by atoms with Crippen LogP contribution >= 0.6 is 0 Å². The van der Waals surface area contributed by atoms with E-state index in [0.717, 1.165) is 22.2 Å². The molecule has 158 valence electrons. The van der Waals surface area contributed by atoms with Crippen LogP contribution in [-0.4, -0.2) is 45.6 Å². The first kappa shape index (κ1) is 21.4. The molecule has 1 N–H and O–H groups in total. The lowest BCUT2D eigenvalue weighted by Crippen LogP contribution is -2.40. The molecule has 0 spiro atoms. The second-order valence-corrected chi connectivity index (χ2v) is 8.29. The summed E-state index contributed by atoms with van der Waals surface area (Å²) in [5.74, 6) is -0.241. The van der Waals surface area contributed by atoms with E-state index < -0.39 is 11.7 Å². The Labute approximate surface area is 176 Å². The highest BCUT2D eigenvalue weighted by molar-refractivity contribution is 5.82. The van der Waals surface area contributed by atoms with Gasteiger partial charge in [0.1, 0.15) is 12.1 Å². The van der Waals surface area contributed by atoms with Crippen molar-refractivity contribution in [2.45, 2.75) is 39.5 Å². The van der Waals surface area contributed by atoms with Gasteiger partial charge in [0, 0.05) is 20.1 Å². The van der Waals surface area contributed by atoms with Gasteiger partial charge in [-0.1, -0.05) is 36.4 Å². The third-order valence-corrected chi connectivity index (χ3v) is 4.45. The summed E-state index contributed by atoms with van der Waals surface area (Å²) in [6, 6.07) is 16.1. The van der Waals surface area contributed by atoms with Crippen LogP contribution in [0, 0.1) is 0 Å². The highest BCUT2D eigenvalue weighted by Gasteiger charge is 2.21. The molecule has 3 rings (SSSR count). The van der Waals surface area contributed by atoms with Crippen molar-refractivity contribution >= 4 is 23.0 Å². The van der Waals surface area contributed by atoms with Crippen LogP contribution in [0.4, 0.5) is 4.79 Å². The van der Waals surface area contributed by atoms with Gasteiger partial charge in [0.05, 0.1) is 17.4 Å². The van der Waals surface area contributed by atoms with Crippen LogP contribution in [0.2, 0.25) is 0 Å². The number of hydrogen-bond donors (Lipinski definition) is 1. The number of nitrogens with zero attached hydrogens (tertiary/aromatic N) is 3. The lowest BCUT2D eigenvalue weighted by atomic mass is 10.1. The van der Waals surface area contributed by atoms with Crippen molar-refractivity contribution in [3.05, 3.63) is 66.0 Å². The maximum absolute atomic E-state index is 12.2. The van der Waals surface area contributed by atoms with Crippen molar-refractivity contribution in [1.29, 1.82) is 0 Å². The van der Waals surface area contributed by atoms with E-state index in [1.165, 1.54) is 4.90 Å². The fraction of sp³-hybridized carbons (Fsp3) is 0.348. The number of imidazole rings is 1. The molecule has 1 heterocycles. The second-order valence-electron chi connectivity index (χ2n) is 8.29. The summed E-state index contributed by atoms with van der Waals surface area (Å²) in [6.07, 6.45) is 1.32. The standard InChI is InChI=1S/C23H28N4O3/c1-23(2,3)30-22(29)26(4)15-21(28)24-13-17-8-7-9-18(12-17)14-27-16-25-19-10-5-6-11-20(19)27/h5-12,16H,13-15H2,1-4H3,(H,24,28). The molecule has 0 saturated heterocycles. The lowest BCUT2D eigenvalue weighted by molar-refractivity contribution is -0.122. The minimum atomic E-state index is -0.594. The molecular weight excluding hydrogens is 380 g/mol. The van der Waals surface area contributed by atoms with Crippen molar-refractivity contribution in [1.82, 2.24) is 19.8 Å². The molecule has 0 saturated carbocycles. The number of benzene rings is 2. The Bertz CT molecular complexity index is 1040. The van der Waals surface area contributed by atoms with Crippen LogP contribution < -0.4 is 5.32 Å². The Morgan fingerprint density at radius 2 is 1.83 bits per heavy atom. The molecule has 0 bridgehead atoms. The Hall–Kier alpha value is -3.35. The van der Waals surface area contributed by atoms with Gasteiger partial charge in [-0.25, -0.2) is 9.78 Å². The number of carbonyl (C=O) groups is 2. The summed E-state index contributed by atoms with van der Waals surface area (Å²) in [7, 11) is 1.55. The number of fused-ring (bicyclic) bond motifs is 1. The average molecular weight is 409 g/mol. The number of amides is 2. The quantitative estimate of drug-likeness (QED) is 0.677. The van der Waals surface area contributed by atoms with Crippen LogP contribution in [0.1, 0.15) is 31.9 Å². The predicted octanol–water partition coefficient (Wildman–Crippen LogP) is 3.57. The van der Waals surface area contributed by atoms with Gasteiger partial charge in [-0.3, -0.25) is 4.79 Å². The normalized spacial score (nSPS) is 11.3. The van der Waals surface area contributed by atoms with E-state index in [1.54, 1.807) is 27.8 Å². The third-order valence-electron chi connectivity index (χ3n) is 4.45. The number of hydrogen-bond acceptors (Lipinski definition) is 4. The van der Waals surface area contributed by atoms with Crippen LogP contribution in [0.3, 0.4) is 0 Å². The molecule has 0 unspecified atom stereocenters. The zero-order chi connectivity index (χ0) is 21.7. The summed E-state index contributed by atoms with van der Waals surface area (Å²) in [5, 5.41) is 2.86. The predicted molar refractivity (Wildman–Crippen MR) is 116 cm³/mol. The fourth-order valence-electron chi connectivity index (χ4n) is 3.05. The van der Waals surface area contributed by atoms with Gasteiger partial charge >= 0.3 is 6.09 Å². The van der Waals surface area contributed by atoms with Gasteiger partial charge in [0.25, 0.3) is 0 Å². The van der Waals surface area contributed by atoms with Crippen molar-refractivity contribution in [2.24, 2.45) is 0 Å². The van der Waals surface area contributed by atoms with Crippen LogP contribution in [0.5, 0.6) is 0 Å². The van der Waals surface area contributed by atoms with Gasteiger partial charge in [-0.05, 0) is 44.0 Å². The fourth-order valence-corrected chi connectivity index (χ4v) is 3.05. The molecule has 0 aliphatic rings. The van der Waals surface area contributed by atoms with Crippen molar-refractivity contribution in [2.75, 3.05) is 13.6 Å². The first-order valence-corrected chi connectivity index (χ1v) is 9.90. The highest BCUT2D eigenvalue weighted by atomic mass is 16.6. The van der Waals surface area contributed by atoms with Gasteiger partial charge in [0.2, 0.25) is 5.91 Å². The molecule has 7 heteroatoms. The Morgan fingerprint density at radius 3 is 2.60 bits per heavy atom. The SMILES string of the molecule is CN(CC(=O)NCc1cccc(Cn2cnc3ccccc32)c1)C(=O)OC(C)(C)C. The zero-order valence-electron chi connectivity index (χ0n) is 17.9. The van der Waals surface area contributed by atoms with Gasteiger partial charge in [-0.2, -0.15) is 0 Å². The summed E-state index contributed by atoms with van der Waals surface area (Å²) in [4.78, 5) is 29.9. The number of carbonyl (C=O) groups excluding carboxylic acids is 2. The Kier molecular flexibility index (Phi) is 6.40. The number of likely N-dealkylation sites (N-methyl/N-ethyl adjacent to an activating group) is 1. The van der Waals surface area contributed by atoms with E-state index in [-0.39, 0.29) is 12.5 Å². The molecule has 0 fully saturated rings. The Morgan fingerprint density at radius 1 is 1.10 bits per heavy atom. The minimum absolute atomic E-state index is 0.0599. The molecule has 0 aliphatic heterocycles. The van der Waals surface area contributed by atoms with Crippen molar-refractivity contribution in [3.63, 3.8) is 0 Å². The van der Waals surface area contributed by atoms with Crippen molar-refractivity contribution < 1.29 is 14.3 Å². The van der Waals surface area contributed by atoms with E-state index >= 15 is 0 Å². The Balaban J connectivity index is 1.55. The molecule has 2 aromatic carbocycles. The highest BCUT2D eigenvalue weighted by Crippen LogP contribution is 2.15. The summed E-state index contributed by atoms with van der Waals surface area (Å²) in [5.41, 5.74) is 3.57. The van der Waals surface area contributed by atoms with Crippen LogP contribution in [0.15, 0.2) is 54.9 Å². The maximum Gasteiger partial charge on any atom is 0.410 e. The molecule has 2 amide bonds. The molecule has 1 aromatic heterocycles. The van der Waals surface area contributed by atoms with Crippen LogP contribution in [0.25, 0.3) is 11.0 Å². The molecule has 30 heavy (non-hydrogen) atoms. The third kappa shape index (κ3) is 5.83. The summed E-state index contributed by atoms with van der Waals surface area (Å²) >= 11 is 0. The molecule has 0 aliphatic carbocycles. The topological polar surface area (TPSA) is 76.5 Å². The van der Waals surface area contributed by atoms with Gasteiger partial charge in [-0.15, -0.1) is 0 Å². The minimum Gasteiger partial charge on any atom is -0.444 e. The van der Waals surface area contributed by atoms with E-state index in [2.05, 4.69) is 27.0 Å². The molecular formula is C23H28N4O3. The monoisotopic (exact) mass is 408 g/mol. The van der Waals surface area contributed by atoms with Gasteiger partial charge < -0.3 is 19.5 Å². The van der Waals surface area contributed by atoms with E-state index in [0.29, 0.717) is 13.1 Å². The van der Waals surface area contributed by atoms with E-state index in [4.69, 9.17) is 4.74 Å². The number of para-hydroxylation sites is 2. The average Bonchev–Trinajstić information content (AvgIpc) is 3.08. The summed E-state index contributed by atoms with van der Waals surface area (Å²) < 4.78 is 7.36. The van der Waals surface area contributed by atoms with E-state index in [1.807, 2.05) is 42.7 Å². The first-order valence-electron chi connectivity index (χ1n) is 9.90. The number of ether oxygens (including phenoxy) is 1. The zero-order valence-corrected chi connectivity index (χ0v) is 17.9. The number of aromatic nitrogens is 2. The molecule has 7 nitrogen and oxygen atoms in total. The van der Waals surface area contributed by atoms with Crippen molar-refractivity contribution in [3.8, 4) is 0 Å². The molecule has 3 aromatic rings. The maximum atomic E-state index is 12.2. The van der Waals surface area contributed by atoms with Gasteiger partial charge in [0.15, 0.2) is 0 Å². The van der Waals surface area contributed by atoms with E-state index in [9.17, 15) is 9.59 Å². The smallest absolute Gasteiger partial charge is 0.410 e. The first-order chi connectivity index (χ1) is 14.2. The summed E-state index contributed by atoms with van der Waals surface area (Å²) in [6.45, 7) is 6.40. The lowest BCUT2D eigenvalue weighted by Gasteiger charge is -2.24. The second kappa shape index (κ2) is 8.98. The number of rotatable bonds is 6.